The lowest BCUT2D eigenvalue weighted by atomic mass is 10.3. The number of aryl methyl sites for hydroxylation is 1. The van der Waals surface area contributed by atoms with Crippen LogP contribution in [0.1, 0.15) is 5.69 Å². The van der Waals surface area contributed by atoms with E-state index < -0.39 is 0 Å². The summed E-state index contributed by atoms with van der Waals surface area (Å²) in [6, 6.07) is 12.8. The van der Waals surface area contributed by atoms with Crippen LogP contribution in [0.25, 0.3) is 0 Å². The summed E-state index contributed by atoms with van der Waals surface area (Å²) in [7, 11) is 0. The van der Waals surface area contributed by atoms with Crippen molar-refractivity contribution in [3.05, 3.63) is 63.5 Å². The molecule has 0 spiro atoms. The van der Waals surface area contributed by atoms with Crippen molar-refractivity contribution in [3.8, 4) is 0 Å². The summed E-state index contributed by atoms with van der Waals surface area (Å²) < 4.78 is 1.75. The molecule has 0 saturated heterocycles. The van der Waals surface area contributed by atoms with Gasteiger partial charge in [0.05, 0.1) is 0 Å². The van der Waals surface area contributed by atoms with Crippen LogP contribution in [0.3, 0.4) is 0 Å². The maximum Gasteiger partial charge on any atom is 0.250 e. The number of hydrogen-bond acceptors (Lipinski definition) is 2. The molecule has 0 amide bonds. The van der Waals surface area contributed by atoms with Gasteiger partial charge in [-0.05, 0) is 37.3 Å². The van der Waals surface area contributed by atoms with Gasteiger partial charge in [-0.15, -0.1) is 0 Å². The lowest BCUT2D eigenvalue weighted by Gasteiger charge is -2.11. The molecule has 0 bridgehead atoms. The van der Waals surface area contributed by atoms with Crippen LogP contribution < -0.4 is 10.9 Å². The third-order valence-corrected chi connectivity index (χ3v) is 3.03. The molecule has 18 heavy (non-hydrogen) atoms. The van der Waals surface area contributed by atoms with Crippen LogP contribution in [0.2, 0.25) is 5.02 Å². The highest BCUT2D eigenvalue weighted by Gasteiger charge is 1.98. The molecule has 0 aliphatic rings. The monoisotopic (exact) mass is 262 g/mol. The van der Waals surface area contributed by atoms with Crippen LogP contribution >= 0.6 is 11.6 Å². The van der Waals surface area contributed by atoms with Gasteiger partial charge in [0, 0.05) is 35.6 Å². The number of rotatable bonds is 4. The average Bonchev–Trinajstić information content (AvgIpc) is 2.35. The van der Waals surface area contributed by atoms with E-state index in [0.29, 0.717) is 13.1 Å². The minimum absolute atomic E-state index is 0.0351. The van der Waals surface area contributed by atoms with Gasteiger partial charge in [0.15, 0.2) is 0 Å². The lowest BCUT2D eigenvalue weighted by Crippen LogP contribution is -2.24. The number of anilines is 1. The predicted molar refractivity (Wildman–Crippen MR) is 75.4 cm³/mol. The topological polar surface area (TPSA) is 34.0 Å². The molecule has 0 saturated carbocycles. The molecule has 0 unspecified atom stereocenters. The first-order chi connectivity index (χ1) is 8.66. The molecule has 0 radical (unpaired) electrons. The smallest absolute Gasteiger partial charge is 0.250 e. The lowest BCUT2D eigenvalue weighted by molar-refractivity contribution is 0.675. The molecule has 1 N–H and O–H groups in total. The van der Waals surface area contributed by atoms with Crippen molar-refractivity contribution >= 4 is 17.3 Å². The predicted octanol–water partition coefficient (Wildman–Crippen LogP) is 2.92. The number of pyridine rings is 1. The number of benzene rings is 1. The van der Waals surface area contributed by atoms with E-state index in [2.05, 4.69) is 5.32 Å². The fraction of sp³-hybridized carbons (Fsp3) is 0.214. The van der Waals surface area contributed by atoms with Gasteiger partial charge in [-0.25, -0.2) is 0 Å². The van der Waals surface area contributed by atoms with Crippen molar-refractivity contribution in [1.82, 2.24) is 4.57 Å². The van der Waals surface area contributed by atoms with E-state index in [1.165, 1.54) is 0 Å². The summed E-state index contributed by atoms with van der Waals surface area (Å²) in [5.74, 6) is 0. The zero-order chi connectivity index (χ0) is 13.0. The van der Waals surface area contributed by atoms with Crippen LogP contribution in [-0.4, -0.2) is 11.1 Å². The first kappa shape index (κ1) is 12.7. The van der Waals surface area contributed by atoms with Crippen molar-refractivity contribution < 1.29 is 0 Å². The second kappa shape index (κ2) is 5.74. The van der Waals surface area contributed by atoms with Gasteiger partial charge in [0.1, 0.15) is 0 Å². The number of hydrogen-bond donors (Lipinski definition) is 1. The Morgan fingerprint density at radius 3 is 2.56 bits per heavy atom. The number of nitrogens with one attached hydrogen (secondary N) is 1. The third kappa shape index (κ3) is 3.14. The average molecular weight is 263 g/mol. The second-order valence-corrected chi connectivity index (χ2v) is 4.53. The van der Waals surface area contributed by atoms with Crippen LogP contribution in [0, 0.1) is 6.92 Å². The maximum atomic E-state index is 11.6. The Hall–Kier alpha value is -1.74. The number of aromatic nitrogens is 1. The zero-order valence-corrected chi connectivity index (χ0v) is 10.9. The summed E-state index contributed by atoms with van der Waals surface area (Å²) in [5.41, 5.74) is 2.01. The largest absolute Gasteiger partial charge is 0.383 e. The van der Waals surface area contributed by atoms with E-state index >= 15 is 0 Å². The van der Waals surface area contributed by atoms with Gasteiger partial charge in [0.25, 0.3) is 5.56 Å². The Balaban J connectivity index is 1.96. The highest BCUT2D eigenvalue weighted by atomic mass is 35.5. The minimum atomic E-state index is 0.0351. The van der Waals surface area contributed by atoms with Crippen LogP contribution in [0.4, 0.5) is 5.69 Å². The van der Waals surface area contributed by atoms with E-state index in [9.17, 15) is 4.79 Å². The SMILES string of the molecule is Cc1cccc(=O)n1CCNc1ccc(Cl)cc1. The van der Waals surface area contributed by atoms with E-state index in [-0.39, 0.29) is 5.56 Å². The van der Waals surface area contributed by atoms with Crippen LogP contribution in [-0.2, 0) is 6.54 Å². The van der Waals surface area contributed by atoms with Gasteiger partial charge in [-0.2, -0.15) is 0 Å². The molecule has 0 aliphatic carbocycles. The Bertz CT molecular complexity index is 575. The van der Waals surface area contributed by atoms with Crippen molar-refractivity contribution in [2.45, 2.75) is 13.5 Å². The Morgan fingerprint density at radius 2 is 1.89 bits per heavy atom. The van der Waals surface area contributed by atoms with E-state index in [0.717, 1.165) is 16.4 Å². The van der Waals surface area contributed by atoms with Crippen molar-refractivity contribution in [3.63, 3.8) is 0 Å². The van der Waals surface area contributed by atoms with Crippen molar-refractivity contribution in [2.75, 3.05) is 11.9 Å². The molecule has 3 nitrogen and oxygen atoms in total. The van der Waals surface area contributed by atoms with E-state index in [4.69, 9.17) is 11.6 Å². The first-order valence-electron chi connectivity index (χ1n) is 5.83. The van der Waals surface area contributed by atoms with Crippen LogP contribution in [0.5, 0.6) is 0 Å². The summed E-state index contributed by atoms with van der Waals surface area (Å²) in [6.45, 7) is 3.28. The molecule has 1 aromatic heterocycles. The highest BCUT2D eigenvalue weighted by molar-refractivity contribution is 6.30. The molecule has 0 atom stereocenters. The normalized spacial score (nSPS) is 10.3. The van der Waals surface area contributed by atoms with Gasteiger partial charge in [-0.1, -0.05) is 17.7 Å². The molecule has 2 aromatic rings. The third-order valence-electron chi connectivity index (χ3n) is 2.78. The number of nitrogens with zero attached hydrogens (tertiary/aromatic N) is 1. The Labute approximate surface area is 111 Å². The summed E-state index contributed by atoms with van der Waals surface area (Å²) in [5, 5.41) is 3.97. The van der Waals surface area contributed by atoms with Gasteiger partial charge >= 0.3 is 0 Å². The molecule has 1 aromatic carbocycles. The Morgan fingerprint density at radius 1 is 1.17 bits per heavy atom. The number of halogens is 1. The van der Waals surface area contributed by atoms with Gasteiger partial charge in [-0.3, -0.25) is 4.79 Å². The van der Waals surface area contributed by atoms with Crippen LogP contribution in [0.15, 0.2) is 47.3 Å². The molecule has 0 aliphatic heterocycles. The molecular weight excluding hydrogens is 248 g/mol. The van der Waals surface area contributed by atoms with Gasteiger partial charge in [0.2, 0.25) is 0 Å². The fourth-order valence-corrected chi connectivity index (χ4v) is 1.92. The van der Waals surface area contributed by atoms with Crippen molar-refractivity contribution in [1.29, 1.82) is 0 Å². The summed E-state index contributed by atoms with van der Waals surface area (Å²) in [4.78, 5) is 11.6. The molecule has 1 heterocycles. The molecule has 94 valence electrons. The summed E-state index contributed by atoms with van der Waals surface area (Å²) in [6.07, 6.45) is 0. The molecule has 0 fully saturated rings. The minimum Gasteiger partial charge on any atom is -0.383 e. The van der Waals surface area contributed by atoms with Crippen molar-refractivity contribution in [2.24, 2.45) is 0 Å². The quantitative estimate of drug-likeness (QED) is 0.919. The molecule has 2 rings (SSSR count). The molecule has 4 heteroatoms. The first-order valence-corrected chi connectivity index (χ1v) is 6.20. The van der Waals surface area contributed by atoms with E-state index in [1.54, 1.807) is 16.7 Å². The van der Waals surface area contributed by atoms with Gasteiger partial charge < -0.3 is 9.88 Å². The standard InChI is InChI=1S/C14H15ClN2O/c1-11-3-2-4-14(18)17(11)10-9-16-13-7-5-12(15)6-8-13/h2-8,16H,9-10H2,1H3. The van der Waals surface area contributed by atoms with E-state index in [1.807, 2.05) is 37.3 Å². The highest BCUT2D eigenvalue weighted by Crippen LogP contribution is 2.12. The summed E-state index contributed by atoms with van der Waals surface area (Å²) >= 11 is 5.81. The maximum absolute atomic E-state index is 11.6. The second-order valence-electron chi connectivity index (χ2n) is 4.09. The Kier molecular flexibility index (Phi) is 4.05. The molecular formula is C14H15ClN2O. The zero-order valence-electron chi connectivity index (χ0n) is 10.2. The fourth-order valence-electron chi connectivity index (χ4n) is 1.79.